The minimum absolute atomic E-state index is 0.248. The lowest BCUT2D eigenvalue weighted by atomic mass is 10.1. The Kier molecular flexibility index (Phi) is 6.82. The Labute approximate surface area is 183 Å². The second-order valence-electron chi connectivity index (χ2n) is 7.97. The molecule has 0 spiro atoms. The third kappa shape index (κ3) is 5.63. The number of rotatable bonds is 8. The quantitative estimate of drug-likeness (QED) is 0.434. The van der Waals surface area contributed by atoms with Crippen LogP contribution in [0.2, 0.25) is 0 Å². The van der Waals surface area contributed by atoms with E-state index in [9.17, 15) is 4.79 Å². The highest BCUT2D eigenvalue weighted by atomic mass is 16.2. The Hall–Kier alpha value is -3.35. The van der Waals surface area contributed by atoms with E-state index in [1.54, 1.807) is 7.05 Å². The molecule has 1 aliphatic heterocycles. The molecule has 2 N–H and O–H groups in total. The second-order valence-corrected chi connectivity index (χ2v) is 7.97. The van der Waals surface area contributed by atoms with Gasteiger partial charge in [0.15, 0.2) is 5.96 Å². The molecular weight excluding hydrogens is 388 g/mol. The van der Waals surface area contributed by atoms with Gasteiger partial charge >= 0.3 is 0 Å². The molecule has 7 heteroatoms. The summed E-state index contributed by atoms with van der Waals surface area (Å²) < 4.78 is 2.03. The number of aromatic nitrogens is 2. The number of aliphatic imine (C=N–C) groups is 1. The number of imidazole rings is 1. The van der Waals surface area contributed by atoms with Crippen molar-refractivity contribution in [2.24, 2.45) is 10.9 Å². The van der Waals surface area contributed by atoms with Crippen LogP contribution in [0.15, 0.2) is 65.9 Å². The number of likely N-dealkylation sites (tertiary alicyclic amines) is 1. The van der Waals surface area contributed by atoms with Crippen LogP contribution < -0.4 is 10.6 Å². The van der Waals surface area contributed by atoms with Crippen molar-refractivity contribution in [3.05, 3.63) is 72.2 Å². The molecule has 1 aromatic carbocycles. The van der Waals surface area contributed by atoms with Crippen molar-refractivity contribution in [1.29, 1.82) is 0 Å². The smallest absolute Gasteiger partial charge is 0.223 e. The van der Waals surface area contributed by atoms with E-state index in [2.05, 4.69) is 38.9 Å². The average molecular weight is 419 g/mol. The predicted molar refractivity (Wildman–Crippen MR) is 123 cm³/mol. The standard InChI is InChI=1S/C24H30N6O/c1-25-24(26-12-10-21-18-29-13-6-5-9-22(29)28-21)27-16-20-15-23(31)30(17-20)14-11-19-7-3-2-4-8-19/h2-9,13,18,20H,10-12,14-17H2,1H3,(H2,25,26,27). The van der Waals surface area contributed by atoms with Crippen LogP contribution in [0.4, 0.5) is 0 Å². The highest BCUT2D eigenvalue weighted by Gasteiger charge is 2.29. The lowest BCUT2D eigenvalue weighted by molar-refractivity contribution is -0.127. The number of fused-ring (bicyclic) bond motifs is 1. The molecule has 1 aliphatic rings. The number of benzene rings is 1. The monoisotopic (exact) mass is 418 g/mol. The molecule has 1 fully saturated rings. The normalized spacial score (nSPS) is 16.8. The topological polar surface area (TPSA) is 74.0 Å². The Bertz CT molecular complexity index is 996. The first kappa shape index (κ1) is 20.9. The van der Waals surface area contributed by atoms with Gasteiger partial charge in [-0.3, -0.25) is 9.79 Å². The molecule has 3 heterocycles. The largest absolute Gasteiger partial charge is 0.356 e. The van der Waals surface area contributed by atoms with Crippen LogP contribution in [0.1, 0.15) is 17.7 Å². The summed E-state index contributed by atoms with van der Waals surface area (Å²) in [6.45, 7) is 3.07. The molecule has 1 unspecified atom stereocenters. The van der Waals surface area contributed by atoms with Gasteiger partial charge in [0.2, 0.25) is 5.91 Å². The van der Waals surface area contributed by atoms with Crippen LogP contribution in [0, 0.1) is 5.92 Å². The lowest BCUT2D eigenvalue weighted by Crippen LogP contribution is -2.41. The number of hydrogen-bond donors (Lipinski definition) is 2. The molecule has 1 saturated heterocycles. The van der Waals surface area contributed by atoms with Gasteiger partial charge < -0.3 is 19.9 Å². The summed E-state index contributed by atoms with van der Waals surface area (Å²) in [7, 11) is 1.77. The fraction of sp³-hybridized carbons (Fsp3) is 0.375. The molecule has 2 aromatic heterocycles. The molecule has 4 rings (SSSR count). The molecule has 0 saturated carbocycles. The van der Waals surface area contributed by atoms with Gasteiger partial charge in [0.1, 0.15) is 5.65 Å². The van der Waals surface area contributed by atoms with Crippen molar-refractivity contribution in [3.8, 4) is 0 Å². The Morgan fingerprint density at radius 2 is 1.97 bits per heavy atom. The molecule has 3 aromatic rings. The number of nitrogens with zero attached hydrogens (tertiary/aromatic N) is 4. The molecule has 0 radical (unpaired) electrons. The fourth-order valence-corrected chi connectivity index (χ4v) is 3.99. The SMILES string of the molecule is CN=C(NCCc1cn2ccccc2n1)NCC1CC(=O)N(CCc2ccccc2)C1. The van der Waals surface area contributed by atoms with E-state index >= 15 is 0 Å². The maximum atomic E-state index is 12.4. The van der Waals surface area contributed by atoms with Crippen molar-refractivity contribution in [1.82, 2.24) is 24.9 Å². The van der Waals surface area contributed by atoms with E-state index in [1.807, 2.05) is 51.9 Å². The highest BCUT2D eigenvalue weighted by molar-refractivity contribution is 5.80. The number of carbonyl (C=O) groups excluding carboxylic acids is 1. The van der Waals surface area contributed by atoms with E-state index < -0.39 is 0 Å². The number of carbonyl (C=O) groups is 1. The van der Waals surface area contributed by atoms with Crippen molar-refractivity contribution in [3.63, 3.8) is 0 Å². The summed E-state index contributed by atoms with van der Waals surface area (Å²) in [6.07, 6.45) is 6.38. The van der Waals surface area contributed by atoms with E-state index in [1.165, 1.54) is 5.56 Å². The zero-order valence-electron chi connectivity index (χ0n) is 18.0. The number of guanidine groups is 1. The van der Waals surface area contributed by atoms with Crippen LogP contribution in [-0.4, -0.2) is 59.4 Å². The Morgan fingerprint density at radius 3 is 2.77 bits per heavy atom. The second kappa shape index (κ2) is 10.1. The first-order valence-electron chi connectivity index (χ1n) is 10.9. The van der Waals surface area contributed by atoms with Gasteiger partial charge in [-0.15, -0.1) is 0 Å². The predicted octanol–water partition coefficient (Wildman–Crippen LogP) is 2.13. The minimum Gasteiger partial charge on any atom is -0.356 e. The molecule has 7 nitrogen and oxygen atoms in total. The van der Waals surface area contributed by atoms with Crippen molar-refractivity contribution >= 4 is 17.5 Å². The first-order chi connectivity index (χ1) is 15.2. The molecular formula is C24H30N6O. The van der Waals surface area contributed by atoms with Crippen LogP contribution >= 0.6 is 0 Å². The van der Waals surface area contributed by atoms with Crippen LogP contribution in [0.25, 0.3) is 5.65 Å². The molecule has 0 aliphatic carbocycles. The maximum absolute atomic E-state index is 12.4. The molecule has 1 atom stereocenters. The van der Waals surface area contributed by atoms with Crippen molar-refractivity contribution < 1.29 is 4.79 Å². The zero-order chi connectivity index (χ0) is 21.5. The molecule has 1 amide bonds. The van der Waals surface area contributed by atoms with Gasteiger partial charge in [0.25, 0.3) is 0 Å². The first-order valence-corrected chi connectivity index (χ1v) is 10.9. The Morgan fingerprint density at radius 1 is 1.13 bits per heavy atom. The maximum Gasteiger partial charge on any atom is 0.223 e. The van der Waals surface area contributed by atoms with E-state index in [-0.39, 0.29) is 5.91 Å². The number of amides is 1. The van der Waals surface area contributed by atoms with E-state index in [0.29, 0.717) is 12.3 Å². The van der Waals surface area contributed by atoms with Gasteiger partial charge in [0.05, 0.1) is 5.69 Å². The zero-order valence-corrected chi connectivity index (χ0v) is 18.0. The van der Waals surface area contributed by atoms with E-state index in [4.69, 9.17) is 0 Å². The lowest BCUT2D eigenvalue weighted by Gasteiger charge is -2.18. The molecule has 0 bridgehead atoms. The Balaban J connectivity index is 1.18. The van der Waals surface area contributed by atoms with E-state index in [0.717, 1.165) is 56.3 Å². The summed E-state index contributed by atoms with van der Waals surface area (Å²) >= 11 is 0. The summed E-state index contributed by atoms with van der Waals surface area (Å²) in [5.41, 5.74) is 3.28. The van der Waals surface area contributed by atoms with Crippen LogP contribution in [0.5, 0.6) is 0 Å². The third-order valence-electron chi connectivity index (χ3n) is 5.68. The molecule has 162 valence electrons. The summed E-state index contributed by atoms with van der Waals surface area (Å²) in [5.74, 6) is 1.32. The van der Waals surface area contributed by atoms with Gasteiger partial charge in [0, 0.05) is 64.4 Å². The van der Waals surface area contributed by atoms with Gasteiger partial charge in [-0.2, -0.15) is 0 Å². The summed E-state index contributed by atoms with van der Waals surface area (Å²) in [6, 6.07) is 16.3. The molecule has 31 heavy (non-hydrogen) atoms. The van der Waals surface area contributed by atoms with Gasteiger partial charge in [-0.1, -0.05) is 36.4 Å². The van der Waals surface area contributed by atoms with Crippen LogP contribution in [0.3, 0.4) is 0 Å². The van der Waals surface area contributed by atoms with Crippen LogP contribution in [-0.2, 0) is 17.6 Å². The van der Waals surface area contributed by atoms with Crippen molar-refractivity contribution in [2.45, 2.75) is 19.3 Å². The summed E-state index contributed by atoms with van der Waals surface area (Å²) in [4.78, 5) is 23.3. The minimum atomic E-state index is 0.248. The fourth-order valence-electron chi connectivity index (χ4n) is 3.99. The number of pyridine rings is 1. The van der Waals surface area contributed by atoms with Gasteiger partial charge in [-0.25, -0.2) is 4.98 Å². The third-order valence-corrected chi connectivity index (χ3v) is 5.68. The average Bonchev–Trinajstić information content (AvgIpc) is 3.37. The number of hydrogen-bond acceptors (Lipinski definition) is 3. The number of nitrogens with one attached hydrogen (secondary N) is 2. The van der Waals surface area contributed by atoms with Crippen molar-refractivity contribution in [2.75, 3.05) is 33.2 Å². The highest BCUT2D eigenvalue weighted by Crippen LogP contribution is 2.17. The van der Waals surface area contributed by atoms with Gasteiger partial charge in [-0.05, 0) is 24.1 Å². The summed E-state index contributed by atoms with van der Waals surface area (Å²) in [5, 5.41) is 6.72.